The lowest BCUT2D eigenvalue weighted by atomic mass is 10.0. The quantitative estimate of drug-likeness (QED) is 0.745. The summed E-state index contributed by atoms with van der Waals surface area (Å²) in [7, 11) is -3.52. The Kier molecular flexibility index (Phi) is 6.14. The second-order valence-electron chi connectivity index (χ2n) is 4.74. The SMILES string of the molecule is CC(C)C[C@H](N)C(=O)N=S(=O)(NC(N)=O)c1cc(Cl)cs1. The molecule has 1 aromatic heterocycles. The number of urea groups is 1. The van der Waals surface area contributed by atoms with E-state index in [1.165, 1.54) is 11.4 Å². The fourth-order valence-electron chi connectivity index (χ4n) is 1.50. The molecule has 5 N–H and O–H groups in total. The third kappa shape index (κ3) is 5.27. The highest BCUT2D eigenvalue weighted by Crippen LogP contribution is 2.25. The lowest BCUT2D eigenvalue weighted by Gasteiger charge is -2.12. The Labute approximate surface area is 132 Å². The molecule has 1 heterocycles. The molecule has 3 amide bonds. The van der Waals surface area contributed by atoms with Gasteiger partial charge in [-0.25, -0.2) is 13.7 Å². The minimum Gasteiger partial charge on any atom is -0.351 e. The standard InChI is InChI=1S/C11H17ClN4O3S2/c1-6(2)3-8(13)10(17)15-21(19,16-11(14)18)9-4-7(12)5-20-9/h4-6,8H,3,13H2,1-2H3,(H3,14,15,16,17,18,19)/t8-,21?/m0/s1. The number of nitrogens with two attached hydrogens (primary N) is 2. The topological polar surface area (TPSA) is 128 Å². The Morgan fingerprint density at radius 1 is 1.52 bits per heavy atom. The molecule has 1 unspecified atom stereocenters. The van der Waals surface area contributed by atoms with Gasteiger partial charge in [-0.05, 0) is 18.4 Å². The first kappa shape index (κ1) is 17.9. The van der Waals surface area contributed by atoms with Gasteiger partial charge in [-0.15, -0.1) is 15.7 Å². The molecule has 0 saturated carbocycles. The number of primary amides is 1. The summed E-state index contributed by atoms with van der Waals surface area (Å²) in [6, 6.07) is -0.593. The second kappa shape index (κ2) is 7.21. The highest BCUT2D eigenvalue weighted by Gasteiger charge is 2.22. The van der Waals surface area contributed by atoms with Gasteiger partial charge in [0.2, 0.25) is 0 Å². The highest BCUT2D eigenvalue weighted by atomic mass is 35.5. The summed E-state index contributed by atoms with van der Waals surface area (Å²) >= 11 is 6.76. The van der Waals surface area contributed by atoms with Crippen molar-refractivity contribution in [1.82, 2.24) is 4.72 Å². The lowest BCUT2D eigenvalue weighted by Crippen LogP contribution is -2.37. The van der Waals surface area contributed by atoms with Gasteiger partial charge in [0.05, 0.1) is 11.1 Å². The molecule has 0 aliphatic heterocycles. The summed E-state index contributed by atoms with van der Waals surface area (Å²) in [5.74, 6) is -0.581. The fourth-order valence-corrected chi connectivity index (χ4v) is 4.45. The first-order chi connectivity index (χ1) is 9.64. The predicted octanol–water partition coefficient (Wildman–Crippen LogP) is 1.71. The van der Waals surface area contributed by atoms with Gasteiger partial charge >= 0.3 is 6.03 Å². The molecular formula is C11H17ClN4O3S2. The number of rotatable bonds is 5. The maximum Gasteiger partial charge on any atom is 0.324 e. The van der Waals surface area contributed by atoms with E-state index in [9.17, 15) is 13.8 Å². The predicted molar refractivity (Wildman–Crippen MR) is 83.3 cm³/mol. The smallest absolute Gasteiger partial charge is 0.324 e. The van der Waals surface area contributed by atoms with E-state index in [1.54, 1.807) is 0 Å². The maximum absolute atomic E-state index is 12.7. The molecule has 10 heteroatoms. The molecule has 0 aliphatic carbocycles. The minimum atomic E-state index is -3.52. The normalized spacial score (nSPS) is 15.3. The van der Waals surface area contributed by atoms with Crippen LogP contribution in [0.25, 0.3) is 0 Å². The molecule has 1 rings (SSSR count). The van der Waals surface area contributed by atoms with Gasteiger partial charge < -0.3 is 11.5 Å². The van der Waals surface area contributed by atoms with Gasteiger partial charge in [-0.3, -0.25) is 4.79 Å². The van der Waals surface area contributed by atoms with E-state index in [4.69, 9.17) is 23.1 Å². The summed E-state index contributed by atoms with van der Waals surface area (Å²) < 4.78 is 18.4. The van der Waals surface area contributed by atoms with Gasteiger partial charge in [0.1, 0.15) is 4.21 Å². The number of nitrogens with one attached hydrogen (secondary N) is 1. The molecule has 0 aromatic carbocycles. The van der Waals surface area contributed by atoms with Crippen LogP contribution in [0.15, 0.2) is 20.0 Å². The Balaban J connectivity index is 3.19. The summed E-state index contributed by atoms with van der Waals surface area (Å²) in [5.41, 5.74) is 10.7. The zero-order chi connectivity index (χ0) is 16.2. The van der Waals surface area contributed by atoms with Gasteiger partial charge in [-0.2, -0.15) is 0 Å². The van der Waals surface area contributed by atoms with E-state index >= 15 is 0 Å². The highest BCUT2D eigenvalue weighted by molar-refractivity contribution is 7.94. The molecular weight excluding hydrogens is 336 g/mol. The zero-order valence-electron chi connectivity index (χ0n) is 11.5. The van der Waals surface area contributed by atoms with Crippen molar-refractivity contribution in [2.75, 3.05) is 0 Å². The number of hydrogen-bond acceptors (Lipinski definition) is 5. The van der Waals surface area contributed by atoms with E-state index in [0.29, 0.717) is 11.4 Å². The summed E-state index contributed by atoms with van der Waals surface area (Å²) in [6.07, 6.45) is 0.389. The minimum absolute atomic E-state index is 0.136. The molecule has 0 saturated heterocycles. The average molecular weight is 353 g/mol. The number of amides is 3. The van der Waals surface area contributed by atoms with E-state index < -0.39 is 27.9 Å². The van der Waals surface area contributed by atoms with Crippen LogP contribution in [0.2, 0.25) is 5.02 Å². The van der Waals surface area contributed by atoms with Crippen molar-refractivity contribution in [1.29, 1.82) is 0 Å². The summed E-state index contributed by atoms with van der Waals surface area (Å²) in [4.78, 5) is 23.0. The molecule has 1 aromatic rings. The number of carbonyl (C=O) groups excluding carboxylic acids is 2. The van der Waals surface area contributed by atoms with E-state index in [0.717, 1.165) is 11.3 Å². The van der Waals surface area contributed by atoms with Crippen LogP contribution in [0.4, 0.5) is 4.79 Å². The molecule has 21 heavy (non-hydrogen) atoms. The number of halogens is 1. The maximum atomic E-state index is 12.7. The second-order valence-corrected chi connectivity index (χ2v) is 8.23. The van der Waals surface area contributed by atoms with Crippen LogP contribution in [0.3, 0.4) is 0 Å². The average Bonchev–Trinajstić information content (AvgIpc) is 2.74. The number of carbonyl (C=O) groups is 2. The molecule has 2 atom stereocenters. The number of thiophene rings is 1. The van der Waals surface area contributed by atoms with Gasteiger partial charge in [0.25, 0.3) is 5.91 Å². The Hall–Kier alpha value is -1.16. The molecule has 7 nitrogen and oxygen atoms in total. The van der Waals surface area contributed by atoms with Crippen molar-refractivity contribution in [3.63, 3.8) is 0 Å². The van der Waals surface area contributed by atoms with Crippen LogP contribution in [0.5, 0.6) is 0 Å². The van der Waals surface area contributed by atoms with Crippen molar-refractivity contribution < 1.29 is 13.8 Å². The number of nitrogens with zero attached hydrogens (tertiary/aromatic N) is 1. The first-order valence-corrected chi connectivity index (χ1v) is 8.79. The third-order valence-electron chi connectivity index (χ3n) is 2.32. The zero-order valence-corrected chi connectivity index (χ0v) is 13.9. The van der Waals surface area contributed by atoms with Gasteiger partial charge in [0, 0.05) is 5.38 Å². The summed E-state index contributed by atoms with van der Waals surface area (Å²) in [6.45, 7) is 3.79. The van der Waals surface area contributed by atoms with E-state index in [2.05, 4.69) is 4.36 Å². The van der Waals surface area contributed by atoms with Crippen LogP contribution < -0.4 is 16.2 Å². The monoisotopic (exact) mass is 352 g/mol. The molecule has 118 valence electrons. The molecule has 0 radical (unpaired) electrons. The molecule has 0 spiro atoms. The van der Waals surface area contributed by atoms with Crippen molar-refractivity contribution in [3.05, 3.63) is 16.5 Å². The van der Waals surface area contributed by atoms with Gasteiger partial charge in [0.15, 0.2) is 9.92 Å². The van der Waals surface area contributed by atoms with Crippen molar-refractivity contribution in [3.8, 4) is 0 Å². The third-order valence-corrected chi connectivity index (χ3v) is 5.93. The lowest BCUT2D eigenvalue weighted by molar-refractivity contribution is -0.119. The molecule has 0 fully saturated rings. The van der Waals surface area contributed by atoms with Crippen molar-refractivity contribution >= 4 is 44.8 Å². The van der Waals surface area contributed by atoms with Crippen LogP contribution in [0.1, 0.15) is 20.3 Å². The van der Waals surface area contributed by atoms with Gasteiger partial charge in [-0.1, -0.05) is 25.4 Å². The van der Waals surface area contributed by atoms with Crippen molar-refractivity contribution in [2.45, 2.75) is 30.5 Å². The Bertz CT molecular complexity index is 650. The van der Waals surface area contributed by atoms with Crippen LogP contribution in [-0.4, -0.2) is 22.2 Å². The first-order valence-electron chi connectivity index (χ1n) is 6.02. The Morgan fingerprint density at radius 2 is 2.14 bits per heavy atom. The van der Waals surface area contributed by atoms with E-state index in [1.807, 2.05) is 18.6 Å². The molecule has 0 aliphatic rings. The van der Waals surface area contributed by atoms with E-state index in [-0.39, 0.29) is 10.1 Å². The van der Waals surface area contributed by atoms with Crippen LogP contribution in [-0.2, 0) is 14.7 Å². The van der Waals surface area contributed by atoms with Crippen LogP contribution in [0, 0.1) is 5.92 Å². The largest absolute Gasteiger partial charge is 0.351 e. The molecule has 0 bridgehead atoms. The van der Waals surface area contributed by atoms with Crippen molar-refractivity contribution in [2.24, 2.45) is 21.7 Å². The summed E-state index contributed by atoms with van der Waals surface area (Å²) in [5, 5.41) is 1.83. The fraction of sp³-hybridized carbons (Fsp3) is 0.455. The Morgan fingerprint density at radius 3 is 2.57 bits per heavy atom. The van der Waals surface area contributed by atoms with Crippen LogP contribution >= 0.6 is 22.9 Å². The number of hydrogen-bond donors (Lipinski definition) is 3.